The summed E-state index contributed by atoms with van der Waals surface area (Å²) in [6.45, 7) is -1.96. The van der Waals surface area contributed by atoms with Gasteiger partial charge in [0, 0.05) is 18.4 Å². The van der Waals surface area contributed by atoms with E-state index in [0.717, 1.165) is 0 Å². The first-order valence-corrected chi connectivity index (χ1v) is 24.4. The summed E-state index contributed by atoms with van der Waals surface area (Å²) in [5.74, 6) is -5.07. The number of aliphatic hydroxyl groups excluding tert-OH is 14. The summed E-state index contributed by atoms with van der Waals surface area (Å²) >= 11 is 0. The van der Waals surface area contributed by atoms with Crippen molar-refractivity contribution in [1.29, 1.82) is 0 Å². The average Bonchev–Trinajstić information content (AvgIpc) is 3.34. The Morgan fingerprint density at radius 1 is 0.528 bits per heavy atom. The molecule has 7 rings (SSSR count). The summed E-state index contributed by atoms with van der Waals surface area (Å²) in [4.78, 5) is 35.8. The van der Waals surface area contributed by atoms with Gasteiger partial charge >= 0.3 is 17.9 Å². The monoisotopic (exact) mass is 1040 g/mol. The van der Waals surface area contributed by atoms with E-state index in [2.05, 4.69) is 0 Å². The molecule has 0 aromatic carbocycles. The third-order valence-corrected chi connectivity index (χ3v) is 15.0. The van der Waals surface area contributed by atoms with Crippen LogP contribution in [0.15, 0.2) is 12.2 Å². The molecular weight excluding hydrogens is 972 g/mol. The zero-order chi connectivity index (χ0) is 52.3. The van der Waals surface area contributed by atoms with Crippen LogP contribution in [0.1, 0.15) is 64.2 Å². The van der Waals surface area contributed by atoms with Crippen molar-refractivity contribution in [2.75, 3.05) is 19.8 Å². The number of carbonyl (C=O) groups excluding carboxylic acids is 2. The fourth-order valence-corrected chi connectivity index (χ4v) is 10.8. The van der Waals surface area contributed by atoms with Gasteiger partial charge in [0.2, 0.25) is 0 Å². The van der Waals surface area contributed by atoms with E-state index in [4.69, 9.17) is 47.7 Å². The first kappa shape index (κ1) is 57.0. The van der Waals surface area contributed by atoms with Crippen LogP contribution in [0.3, 0.4) is 0 Å². The highest BCUT2D eigenvalue weighted by atomic mass is 16.7. The van der Waals surface area contributed by atoms with Gasteiger partial charge in [0.05, 0.1) is 55.4 Å². The molecule has 0 aromatic heterocycles. The number of carbonyl (C=O) groups is 3. The minimum atomic E-state index is -1.91. The molecule has 27 nitrogen and oxygen atoms in total. The number of carboxylic acids is 1. The second-order valence-corrected chi connectivity index (χ2v) is 20.0. The number of hydrogen-bond donors (Lipinski definition) is 15. The van der Waals surface area contributed by atoms with Gasteiger partial charge in [0.25, 0.3) is 0 Å². The lowest BCUT2D eigenvalue weighted by atomic mass is 9.72. The molecule has 0 amide bonds. The Labute approximate surface area is 411 Å². The predicted molar refractivity (Wildman–Crippen MR) is 230 cm³/mol. The van der Waals surface area contributed by atoms with Crippen molar-refractivity contribution in [1.82, 2.24) is 0 Å². The second-order valence-electron chi connectivity index (χ2n) is 20.0. The fourth-order valence-electron chi connectivity index (χ4n) is 10.8. The second kappa shape index (κ2) is 25.0. The average molecular weight is 1040 g/mol. The Hall–Kier alpha value is -2.69. The van der Waals surface area contributed by atoms with Gasteiger partial charge in [0.15, 0.2) is 18.9 Å². The van der Waals surface area contributed by atoms with Crippen molar-refractivity contribution >= 4 is 17.9 Å². The van der Waals surface area contributed by atoms with E-state index < -0.39 is 203 Å². The first-order chi connectivity index (χ1) is 34.1. The first-order valence-electron chi connectivity index (χ1n) is 24.4. The Bertz CT molecular complexity index is 1790. The normalized spacial score (nSPS) is 48.1. The van der Waals surface area contributed by atoms with Crippen LogP contribution in [0, 0.1) is 17.8 Å². The molecule has 0 radical (unpaired) electrons. The summed E-state index contributed by atoms with van der Waals surface area (Å²) in [6, 6.07) is 0. The molecule has 3 aliphatic carbocycles. The van der Waals surface area contributed by atoms with Crippen LogP contribution in [0.5, 0.6) is 0 Å². The maximum absolute atomic E-state index is 12.9. The summed E-state index contributed by atoms with van der Waals surface area (Å²) in [5.41, 5.74) is 0. The molecule has 15 N–H and O–H groups in total. The highest BCUT2D eigenvalue weighted by molar-refractivity contribution is 5.90. The Balaban J connectivity index is 0.988. The lowest BCUT2D eigenvalue weighted by Crippen LogP contribution is -2.63. The lowest BCUT2D eigenvalue weighted by molar-refractivity contribution is -0.345. The van der Waals surface area contributed by atoms with Gasteiger partial charge < -0.3 is 119 Å². The predicted octanol–water partition coefficient (Wildman–Crippen LogP) is -6.71. The molecule has 4 heterocycles. The van der Waals surface area contributed by atoms with E-state index in [-0.39, 0.29) is 38.0 Å². The molecule has 7 aliphatic rings. The quantitative estimate of drug-likeness (QED) is 0.0388. The molecule has 0 bridgehead atoms. The number of ether oxygens (including phenoxy) is 9. The third kappa shape index (κ3) is 13.5. The molecule has 72 heavy (non-hydrogen) atoms. The molecule has 0 spiro atoms. The number of fused-ring (bicyclic) bond motifs is 1. The van der Waals surface area contributed by atoms with Crippen LogP contribution in [-0.2, 0) is 57.0 Å². The van der Waals surface area contributed by atoms with E-state index in [9.17, 15) is 85.9 Å². The van der Waals surface area contributed by atoms with Crippen molar-refractivity contribution in [3.63, 3.8) is 0 Å². The van der Waals surface area contributed by atoms with E-state index in [1.807, 2.05) is 0 Å². The summed E-state index contributed by atoms with van der Waals surface area (Å²) in [6.07, 6.45) is -31.1. The maximum Gasteiger partial charge on any atom is 0.330 e. The zero-order valence-corrected chi connectivity index (χ0v) is 39.0. The highest BCUT2D eigenvalue weighted by Crippen LogP contribution is 2.45. The Kier molecular flexibility index (Phi) is 19.8. The number of rotatable bonds is 16. The minimum absolute atomic E-state index is 0.0301. The Morgan fingerprint density at radius 2 is 1.04 bits per heavy atom. The fraction of sp³-hybridized carbons (Fsp3) is 0.889. The molecule has 4 aliphatic heterocycles. The molecule has 412 valence electrons. The number of aliphatic carboxylic acids is 1. The van der Waals surface area contributed by atoms with Crippen LogP contribution >= 0.6 is 0 Å². The van der Waals surface area contributed by atoms with E-state index in [1.54, 1.807) is 6.08 Å². The van der Waals surface area contributed by atoms with Gasteiger partial charge in [-0.2, -0.15) is 0 Å². The summed E-state index contributed by atoms with van der Waals surface area (Å²) in [5, 5.41) is 157. The molecule has 4 saturated heterocycles. The van der Waals surface area contributed by atoms with Crippen molar-refractivity contribution in [2.45, 2.75) is 211 Å². The van der Waals surface area contributed by atoms with Gasteiger partial charge in [-0.25, -0.2) is 4.79 Å². The number of allylic oxidation sites excluding steroid dienone is 1. The lowest BCUT2D eigenvalue weighted by Gasteiger charge is -2.52. The smallest absolute Gasteiger partial charge is 0.330 e. The van der Waals surface area contributed by atoms with Crippen molar-refractivity contribution in [2.24, 2.45) is 17.8 Å². The molecule has 7 fully saturated rings. The molecule has 3 saturated carbocycles. The summed E-state index contributed by atoms with van der Waals surface area (Å²) in [7, 11) is 0. The number of hydrogen-bond acceptors (Lipinski definition) is 26. The maximum atomic E-state index is 12.9. The van der Waals surface area contributed by atoms with Crippen molar-refractivity contribution in [3.8, 4) is 0 Å². The van der Waals surface area contributed by atoms with Gasteiger partial charge in [0.1, 0.15) is 99.0 Å². The van der Waals surface area contributed by atoms with Crippen molar-refractivity contribution < 1.29 is 134 Å². The summed E-state index contributed by atoms with van der Waals surface area (Å²) < 4.78 is 52.3. The number of esters is 2. The van der Waals surface area contributed by atoms with Gasteiger partial charge in [-0.3, -0.25) is 9.59 Å². The zero-order valence-electron chi connectivity index (χ0n) is 39.0. The van der Waals surface area contributed by atoms with Crippen LogP contribution in [0.2, 0.25) is 0 Å². The van der Waals surface area contributed by atoms with Crippen LogP contribution in [0.4, 0.5) is 0 Å². The molecule has 27 heteroatoms. The molecule has 8 unspecified atom stereocenters. The van der Waals surface area contributed by atoms with Crippen LogP contribution in [-0.4, -0.2) is 261 Å². The van der Waals surface area contributed by atoms with E-state index in [1.165, 1.54) is 6.08 Å². The Morgan fingerprint density at radius 3 is 1.60 bits per heavy atom. The highest BCUT2D eigenvalue weighted by Gasteiger charge is 2.55. The SMILES string of the molecule is O=C(O)CC(=O)OC[C@H]1O[C@@H](OC2CC(O)CC3OC(C4CC(O)C(O)C(O)C4)C(O[C@@H]4O[C@H](COC(=O)C=CC5CCC(O[C@@H]6O[C@H](CO)[C@@H](O)[C@H](O)[C@H]6O)CC5)[C@@H](O)[C@H](O)[C@H]4O)CC32)[C@H](O)[C@@H](O)[C@@H]1O. The van der Waals surface area contributed by atoms with Crippen LogP contribution < -0.4 is 0 Å². The largest absolute Gasteiger partial charge is 0.481 e. The minimum Gasteiger partial charge on any atom is -0.481 e. The van der Waals surface area contributed by atoms with Gasteiger partial charge in [-0.1, -0.05) is 6.08 Å². The van der Waals surface area contributed by atoms with Gasteiger partial charge in [-0.05, 0) is 63.2 Å². The van der Waals surface area contributed by atoms with Crippen molar-refractivity contribution in [3.05, 3.63) is 12.2 Å². The van der Waals surface area contributed by atoms with Gasteiger partial charge in [-0.15, -0.1) is 0 Å². The number of carboxylic acid groups (broad SMARTS) is 1. The van der Waals surface area contributed by atoms with E-state index >= 15 is 0 Å². The molecular formula is C45H70O27. The van der Waals surface area contributed by atoms with E-state index in [0.29, 0.717) is 25.7 Å². The molecule has 0 aromatic rings. The standard InChI is InChI=1S/C45H70O27/c46-13-26-33(55)36(58)39(61)43(70-26)66-19-4-1-16(2-5-19)3-6-30(52)64-14-27-34(56)38(60)41(63)45(72-27)69-25-11-20-23(67-42(25)17-7-21(48)32(54)22(49)8-17)9-18(47)10-24(20)68-44-40(62)37(59)35(57)28(71-44)15-65-31(53)12-29(50)51/h3,6,16-28,32-49,54-63H,1-2,4-5,7-15H2,(H,50,51)/t16?,17?,18?,19?,20?,21?,22?,23?,24?,25?,26-,27-,28-,32?,33-,34-,35-,36+,37+,38+,39-,40-,41-,42?,43-,44-,45-/m1/s1. The molecule has 23 atom stereocenters. The topological polar surface area (TPSA) is 438 Å². The third-order valence-electron chi connectivity index (χ3n) is 15.0. The number of aliphatic hydroxyl groups is 14. The van der Waals surface area contributed by atoms with Crippen LogP contribution in [0.25, 0.3) is 0 Å².